The van der Waals surface area contributed by atoms with E-state index in [1.807, 2.05) is 72.8 Å². The Hall–Kier alpha value is -6.65. The molecule has 0 saturated carbocycles. The molecular formula is C45H32N4. The molecule has 4 nitrogen and oxygen atoms in total. The van der Waals surface area contributed by atoms with Gasteiger partial charge in [0, 0.05) is 33.8 Å². The van der Waals surface area contributed by atoms with Crippen LogP contribution >= 0.6 is 0 Å². The van der Waals surface area contributed by atoms with Gasteiger partial charge < -0.3 is 4.90 Å². The molecule has 0 bridgehead atoms. The van der Waals surface area contributed by atoms with Crippen LogP contribution in [0.25, 0.3) is 56.4 Å². The van der Waals surface area contributed by atoms with E-state index in [2.05, 4.69) is 126 Å². The molecule has 0 N–H and O–H groups in total. The highest BCUT2D eigenvalue weighted by molar-refractivity contribution is 5.81. The maximum Gasteiger partial charge on any atom is 0.164 e. The van der Waals surface area contributed by atoms with Gasteiger partial charge in [0.2, 0.25) is 0 Å². The zero-order valence-corrected chi connectivity index (χ0v) is 26.8. The van der Waals surface area contributed by atoms with Crippen molar-refractivity contribution in [1.29, 1.82) is 0 Å². The summed E-state index contributed by atoms with van der Waals surface area (Å²) in [5, 5.41) is 0. The Morgan fingerprint density at radius 1 is 0.224 bits per heavy atom. The number of rotatable bonds is 8. The minimum Gasteiger partial charge on any atom is -0.311 e. The molecule has 8 aromatic rings. The third-order valence-electron chi connectivity index (χ3n) is 8.55. The molecule has 0 saturated heterocycles. The van der Waals surface area contributed by atoms with Crippen LogP contribution in [0.5, 0.6) is 0 Å². The number of benzene rings is 7. The third kappa shape index (κ3) is 6.49. The zero-order chi connectivity index (χ0) is 32.8. The Bertz CT molecular complexity index is 2130. The first-order valence-electron chi connectivity index (χ1n) is 16.4. The van der Waals surface area contributed by atoms with Crippen molar-refractivity contribution in [2.75, 3.05) is 4.90 Å². The van der Waals surface area contributed by atoms with Gasteiger partial charge in [-0.05, 0) is 70.8 Å². The summed E-state index contributed by atoms with van der Waals surface area (Å²) >= 11 is 0. The molecule has 0 fully saturated rings. The zero-order valence-electron chi connectivity index (χ0n) is 26.8. The van der Waals surface area contributed by atoms with E-state index in [1.54, 1.807) is 0 Å². The van der Waals surface area contributed by atoms with Crippen LogP contribution in [0.15, 0.2) is 194 Å². The van der Waals surface area contributed by atoms with Crippen LogP contribution in [-0.2, 0) is 0 Å². The highest BCUT2D eigenvalue weighted by atomic mass is 15.1. The van der Waals surface area contributed by atoms with Crippen LogP contribution < -0.4 is 4.90 Å². The fourth-order valence-electron chi connectivity index (χ4n) is 6.01. The lowest BCUT2D eigenvalue weighted by molar-refractivity contribution is 1.07. The van der Waals surface area contributed by atoms with Gasteiger partial charge in [0.25, 0.3) is 0 Å². The molecule has 0 aliphatic rings. The van der Waals surface area contributed by atoms with Gasteiger partial charge in [-0.2, -0.15) is 0 Å². The van der Waals surface area contributed by atoms with Crippen molar-refractivity contribution >= 4 is 17.1 Å². The van der Waals surface area contributed by atoms with Crippen molar-refractivity contribution in [1.82, 2.24) is 15.0 Å². The van der Waals surface area contributed by atoms with E-state index in [1.165, 1.54) is 22.3 Å². The first kappa shape index (κ1) is 29.7. The number of hydrogen-bond donors (Lipinski definition) is 0. The molecule has 0 aliphatic heterocycles. The molecule has 8 rings (SSSR count). The van der Waals surface area contributed by atoms with Gasteiger partial charge in [-0.25, -0.2) is 15.0 Å². The molecule has 0 unspecified atom stereocenters. The molecule has 1 heterocycles. The second-order valence-electron chi connectivity index (χ2n) is 11.7. The summed E-state index contributed by atoms with van der Waals surface area (Å²) in [5.74, 6) is 1.92. The molecule has 1 aromatic heterocycles. The van der Waals surface area contributed by atoms with Crippen LogP contribution in [0.4, 0.5) is 17.1 Å². The number of hydrogen-bond acceptors (Lipinski definition) is 4. The SMILES string of the molecule is c1ccc(-c2ccc(N(c3ccc(-c4ccccc4)cc3)c3ccc(-c4nc(-c5ccccc5)nc(-c5ccccc5)n4)cc3)cc2)cc1. The predicted molar refractivity (Wildman–Crippen MR) is 202 cm³/mol. The van der Waals surface area contributed by atoms with E-state index in [-0.39, 0.29) is 0 Å². The van der Waals surface area contributed by atoms with Gasteiger partial charge >= 0.3 is 0 Å². The standard InChI is InChI=1S/C45H32N4/c1-5-13-33(14-6-1)35-21-27-40(28-22-35)49(41-29-23-36(24-30-41)34-15-7-2-8-16-34)42-31-25-39(26-32-42)45-47-43(37-17-9-3-10-18-37)46-44(48-45)38-19-11-4-12-20-38/h1-32H. The molecule has 0 spiro atoms. The quantitative estimate of drug-likeness (QED) is 0.168. The summed E-state index contributed by atoms with van der Waals surface area (Å²) in [6, 6.07) is 67.0. The summed E-state index contributed by atoms with van der Waals surface area (Å²) in [4.78, 5) is 17.0. The second-order valence-corrected chi connectivity index (χ2v) is 11.7. The van der Waals surface area contributed by atoms with Crippen molar-refractivity contribution in [2.45, 2.75) is 0 Å². The van der Waals surface area contributed by atoms with Crippen LogP contribution in [-0.4, -0.2) is 15.0 Å². The van der Waals surface area contributed by atoms with Crippen LogP contribution in [0.3, 0.4) is 0 Å². The van der Waals surface area contributed by atoms with Gasteiger partial charge in [-0.3, -0.25) is 0 Å². The first-order valence-corrected chi connectivity index (χ1v) is 16.4. The monoisotopic (exact) mass is 628 g/mol. The average molecular weight is 629 g/mol. The van der Waals surface area contributed by atoms with Gasteiger partial charge in [-0.1, -0.05) is 146 Å². The minimum atomic E-state index is 0.630. The van der Waals surface area contributed by atoms with Crippen molar-refractivity contribution in [3.05, 3.63) is 194 Å². The lowest BCUT2D eigenvalue weighted by atomic mass is 10.0. The van der Waals surface area contributed by atoms with Crippen LogP contribution in [0.2, 0.25) is 0 Å². The normalized spacial score (nSPS) is 10.9. The molecule has 4 heteroatoms. The molecular weight excluding hydrogens is 597 g/mol. The first-order chi connectivity index (χ1) is 24.3. The maximum atomic E-state index is 4.93. The molecule has 0 radical (unpaired) electrons. The molecule has 49 heavy (non-hydrogen) atoms. The summed E-state index contributed by atoms with van der Waals surface area (Å²) in [6.07, 6.45) is 0. The summed E-state index contributed by atoms with van der Waals surface area (Å²) in [5.41, 5.74) is 10.7. The van der Waals surface area contributed by atoms with Gasteiger partial charge in [-0.15, -0.1) is 0 Å². The molecule has 232 valence electrons. The van der Waals surface area contributed by atoms with E-state index in [0.717, 1.165) is 33.8 Å². The molecule has 7 aromatic carbocycles. The highest BCUT2D eigenvalue weighted by Gasteiger charge is 2.16. The molecule has 0 amide bonds. The van der Waals surface area contributed by atoms with E-state index in [0.29, 0.717) is 17.5 Å². The predicted octanol–water partition coefficient (Wildman–Crippen LogP) is 11.7. The lowest BCUT2D eigenvalue weighted by Crippen LogP contribution is -2.10. The van der Waals surface area contributed by atoms with Crippen molar-refractivity contribution in [3.8, 4) is 56.4 Å². The van der Waals surface area contributed by atoms with Crippen molar-refractivity contribution in [2.24, 2.45) is 0 Å². The second kappa shape index (κ2) is 13.6. The maximum absolute atomic E-state index is 4.93. The van der Waals surface area contributed by atoms with Gasteiger partial charge in [0.15, 0.2) is 17.5 Å². The largest absolute Gasteiger partial charge is 0.311 e. The Balaban J connectivity index is 1.19. The lowest BCUT2D eigenvalue weighted by Gasteiger charge is -2.26. The van der Waals surface area contributed by atoms with Gasteiger partial charge in [0.1, 0.15) is 0 Å². The molecule has 0 atom stereocenters. The Kier molecular flexibility index (Phi) is 8.25. The van der Waals surface area contributed by atoms with Crippen molar-refractivity contribution in [3.63, 3.8) is 0 Å². The van der Waals surface area contributed by atoms with E-state index >= 15 is 0 Å². The van der Waals surface area contributed by atoms with Crippen LogP contribution in [0.1, 0.15) is 0 Å². The highest BCUT2D eigenvalue weighted by Crippen LogP contribution is 2.37. The summed E-state index contributed by atoms with van der Waals surface area (Å²) < 4.78 is 0. The number of anilines is 3. The minimum absolute atomic E-state index is 0.630. The van der Waals surface area contributed by atoms with E-state index in [9.17, 15) is 0 Å². The fourth-order valence-corrected chi connectivity index (χ4v) is 6.01. The third-order valence-corrected chi connectivity index (χ3v) is 8.55. The Morgan fingerprint density at radius 2 is 0.449 bits per heavy atom. The number of nitrogens with zero attached hydrogens (tertiary/aromatic N) is 4. The topological polar surface area (TPSA) is 41.9 Å². The van der Waals surface area contributed by atoms with Crippen molar-refractivity contribution < 1.29 is 0 Å². The molecule has 0 aliphatic carbocycles. The number of aromatic nitrogens is 3. The Labute approximate surface area is 286 Å². The van der Waals surface area contributed by atoms with E-state index in [4.69, 9.17) is 15.0 Å². The fraction of sp³-hybridized carbons (Fsp3) is 0. The van der Waals surface area contributed by atoms with Crippen LogP contribution in [0, 0.1) is 0 Å². The van der Waals surface area contributed by atoms with Gasteiger partial charge in [0.05, 0.1) is 0 Å². The Morgan fingerprint density at radius 3 is 0.755 bits per heavy atom. The summed E-state index contributed by atoms with van der Waals surface area (Å²) in [7, 11) is 0. The van der Waals surface area contributed by atoms with E-state index < -0.39 is 0 Å². The smallest absolute Gasteiger partial charge is 0.164 e. The summed E-state index contributed by atoms with van der Waals surface area (Å²) in [6.45, 7) is 0. The average Bonchev–Trinajstić information content (AvgIpc) is 3.20.